The molecule has 0 radical (unpaired) electrons. The number of nitrogens with zero attached hydrogens (tertiary/aromatic N) is 1. The molecule has 1 N–H and O–H groups in total. The molecular formula is C21H21FN2O2S. The molecule has 1 amide bonds. The van der Waals surface area contributed by atoms with Gasteiger partial charge in [0.15, 0.2) is 5.13 Å². The van der Waals surface area contributed by atoms with Gasteiger partial charge in [0.05, 0.1) is 12.3 Å². The van der Waals surface area contributed by atoms with Gasteiger partial charge < -0.3 is 10.1 Å². The highest BCUT2D eigenvalue weighted by molar-refractivity contribution is 7.14. The maximum absolute atomic E-state index is 13.0. The average Bonchev–Trinajstić information content (AvgIpc) is 3.09. The van der Waals surface area contributed by atoms with E-state index in [0.29, 0.717) is 30.3 Å². The number of carbonyl (C=O) groups is 1. The lowest BCUT2D eigenvalue weighted by Crippen LogP contribution is -2.12. The number of rotatable bonds is 7. The zero-order valence-electron chi connectivity index (χ0n) is 15.3. The zero-order valence-corrected chi connectivity index (χ0v) is 16.1. The molecule has 2 aromatic carbocycles. The fourth-order valence-corrected chi connectivity index (χ4v) is 3.38. The SMILES string of the molecule is Cc1ccc(OCCCC(=O)Nc2nc(-c3ccc(F)cc3)cs2)c(C)c1. The number of anilines is 1. The van der Waals surface area contributed by atoms with E-state index in [4.69, 9.17) is 4.74 Å². The molecule has 0 spiro atoms. The van der Waals surface area contributed by atoms with E-state index in [0.717, 1.165) is 16.9 Å². The summed E-state index contributed by atoms with van der Waals surface area (Å²) in [6, 6.07) is 12.2. The second-order valence-corrected chi connectivity index (χ2v) is 7.17. The van der Waals surface area contributed by atoms with Crippen LogP contribution in [0.1, 0.15) is 24.0 Å². The van der Waals surface area contributed by atoms with E-state index in [2.05, 4.69) is 16.4 Å². The molecule has 140 valence electrons. The third-order valence-electron chi connectivity index (χ3n) is 4.03. The second kappa shape index (κ2) is 8.77. The minimum atomic E-state index is -0.287. The first-order valence-electron chi connectivity index (χ1n) is 8.72. The molecule has 4 nitrogen and oxygen atoms in total. The van der Waals surface area contributed by atoms with Gasteiger partial charge in [-0.1, -0.05) is 17.7 Å². The highest BCUT2D eigenvalue weighted by atomic mass is 32.1. The van der Waals surface area contributed by atoms with Crippen molar-refractivity contribution in [2.45, 2.75) is 26.7 Å². The summed E-state index contributed by atoms with van der Waals surface area (Å²) in [7, 11) is 0. The summed E-state index contributed by atoms with van der Waals surface area (Å²) < 4.78 is 18.7. The van der Waals surface area contributed by atoms with Crippen LogP contribution in [0.15, 0.2) is 47.8 Å². The molecule has 0 saturated heterocycles. The van der Waals surface area contributed by atoms with E-state index in [1.807, 2.05) is 31.4 Å². The van der Waals surface area contributed by atoms with Crippen molar-refractivity contribution in [3.8, 4) is 17.0 Å². The molecule has 1 heterocycles. The van der Waals surface area contributed by atoms with Crippen LogP contribution in [0.5, 0.6) is 5.75 Å². The van der Waals surface area contributed by atoms with E-state index in [1.54, 1.807) is 12.1 Å². The molecule has 1 aromatic heterocycles. The maximum Gasteiger partial charge on any atom is 0.226 e. The van der Waals surface area contributed by atoms with Crippen molar-refractivity contribution in [1.82, 2.24) is 4.98 Å². The van der Waals surface area contributed by atoms with Gasteiger partial charge in [-0.2, -0.15) is 0 Å². The van der Waals surface area contributed by atoms with E-state index < -0.39 is 0 Å². The Morgan fingerprint density at radius 2 is 1.96 bits per heavy atom. The second-order valence-electron chi connectivity index (χ2n) is 6.31. The van der Waals surface area contributed by atoms with Crippen molar-refractivity contribution in [2.75, 3.05) is 11.9 Å². The molecule has 27 heavy (non-hydrogen) atoms. The molecule has 0 atom stereocenters. The highest BCUT2D eigenvalue weighted by Gasteiger charge is 2.09. The van der Waals surface area contributed by atoms with E-state index >= 15 is 0 Å². The number of thiazole rings is 1. The summed E-state index contributed by atoms with van der Waals surface area (Å²) in [6.07, 6.45) is 0.978. The van der Waals surface area contributed by atoms with Crippen LogP contribution in [-0.4, -0.2) is 17.5 Å². The Hall–Kier alpha value is -2.73. The molecule has 0 aliphatic rings. The fraction of sp³-hybridized carbons (Fsp3) is 0.238. The van der Waals surface area contributed by atoms with Gasteiger partial charge in [0.2, 0.25) is 5.91 Å². The predicted molar refractivity (Wildman–Crippen MR) is 107 cm³/mol. The number of hydrogen-bond donors (Lipinski definition) is 1. The number of benzene rings is 2. The van der Waals surface area contributed by atoms with Crippen LogP contribution >= 0.6 is 11.3 Å². The molecule has 3 aromatic rings. The van der Waals surface area contributed by atoms with Gasteiger partial charge in [0.25, 0.3) is 0 Å². The zero-order chi connectivity index (χ0) is 19.2. The molecule has 3 rings (SSSR count). The van der Waals surface area contributed by atoms with Gasteiger partial charge >= 0.3 is 0 Å². The standard InChI is InChI=1S/C21H21FN2O2S/c1-14-5-10-19(15(2)12-14)26-11-3-4-20(25)24-21-23-18(13-27-21)16-6-8-17(22)9-7-16/h5-10,12-13H,3-4,11H2,1-2H3,(H,23,24,25). The Morgan fingerprint density at radius 1 is 1.19 bits per heavy atom. The van der Waals surface area contributed by atoms with Gasteiger partial charge in [0.1, 0.15) is 11.6 Å². The number of aromatic nitrogens is 1. The Labute approximate surface area is 162 Å². The summed E-state index contributed by atoms with van der Waals surface area (Å²) in [5, 5.41) is 5.18. The van der Waals surface area contributed by atoms with Crippen molar-refractivity contribution < 1.29 is 13.9 Å². The lowest BCUT2D eigenvalue weighted by atomic mass is 10.1. The third-order valence-corrected chi connectivity index (χ3v) is 4.78. The predicted octanol–water partition coefficient (Wildman–Crippen LogP) is 5.36. The molecule has 0 fully saturated rings. The van der Waals surface area contributed by atoms with Crippen LogP contribution in [0.3, 0.4) is 0 Å². The van der Waals surface area contributed by atoms with Crippen LogP contribution in [0.4, 0.5) is 9.52 Å². The number of aryl methyl sites for hydroxylation is 2. The number of amides is 1. The highest BCUT2D eigenvalue weighted by Crippen LogP contribution is 2.25. The monoisotopic (exact) mass is 384 g/mol. The lowest BCUT2D eigenvalue weighted by molar-refractivity contribution is -0.116. The Kier molecular flexibility index (Phi) is 6.19. The first kappa shape index (κ1) is 19.0. The van der Waals surface area contributed by atoms with Crippen LogP contribution in [0.2, 0.25) is 0 Å². The van der Waals surface area contributed by atoms with Crippen LogP contribution in [0.25, 0.3) is 11.3 Å². The summed E-state index contributed by atoms with van der Waals surface area (Å²) in [5.74, 6) is 0.467. The molecule has 0 aliphatic carbocycles. The van der Waals surface area contributed by atoms with Crippen LogP contribution in [-0.2, 0) is 4.79 Å². The van der Waals surface area contributed by atoms with Gasteiger partial charge in [0, 0.05) is 17.4 Å². The van der Waals surface area contributed by atoms with Crippen molar-refractivity contribution in [3.05, 3.63) is 64.8 Å². The number of ether oxygens (including phenoxy) is 1. The van der Waals surface area contributed by atoms with Gasteiger partial charge in [-0.25, -0.2) is 9.37 Å². The Balaban J connectivity index is 1.45. The number of carbonyl (C=O) groups excluding carboxylic acids is 1. The lowest BCUT2D eigenvalue weighted by Gasteiger charge is -2.09. The molecule has 6 heteroatoms. The van der Waals surface area contributed by atoms with Gasteiger partial charge in [-0.15, -0.1) is 11.3 Å². The largest absolute Gasteiger partial charge is 0.493 e. The van der Waals surface area contributed by atoms with Crippen molar-refractivity contribution in [1.29, 1.82) is 0 Å². The molecule has 0 saturated carbocycles. The normalized spacial score (nSPS) is 10.6. The fourth-order valence-electron chi connectivity index (χ4n) is 2.64. The topological polar surface area (TPSA) is 51.2 Å². The van der Waals surface area contributed by atoms with Crippen LogP contribution < -0.4 is 10.1 Å². The minimum absolute atomic E-state index is 0.0979. The van der Waals surface area contributed by atoms with Crippen LogP contribution in [0, 0.1) is 19.7 Å². The van der Waals surface area contributed by atoms with Crippen molar-refractivity contribution in [2.24, 2.45) is 0 Å². The quantitative estimate of drug-likeness (QED) is 0.558. The Bertz CT molecular complexity index is 922. The van der Waals surface area contributed by atoms with E-state index in [1.165, 1.54) is 29.0 Å². The van der Waals surface area contributed by atoms with E-state index in [-0.39, 0.29) is 11.7 Å². The smallest absolute Gasteiger partial charge is 0.226 e. The number of nitrogens with one attached hydrogen (secondary N) is 1. The summed E-state index contributed by atoms with van der Waals surface area (Å²) in [5.41, 5.74) is 3.82. The maximum atomic E-state index is 13.0. The molecule has 0 aliphatic heterocycles. The van der Waals surface area contributed by atoms with Gasteiger partial charge in [-0.05, 0) is 56.2 Å². The Morgan fingerprint density at radius 3 is 2.70 bits per heavy atom. The first-order chi connectivity index (χ1) is 13.0. The summed E-state index contributed by atoms with van der Waals surface area (Å²) in [6.45, 7) is 4.54. The number of hydrogen-bond acceptors (Lipinski definition) is 4. The molecule has 0 unspecified atom stereocenters. The van der Waals surface area contributed by atoms with E-state index in [9.17, 15) is 9.18 Å². The van der Waals surface area contributed by atoms with Gasteiger partial charge in [-0.3, -0.25) is 4.79 Å². The average molecular weight is 384 g/mol. The third kappa shape index (κ3) is 5.37. The summed E-state index contributed by atoms with van der Waals surface area (Å²) in [4.78, 5) is 16.5. The van der Waals surface area contributed by atoms with Crippen molar-refractivity contribution >= 4 is 22.4 Å². The molecular weight excluding hydrogens is 363 g/mol. The summed E-state index contributed by atoms with van der Waals surface area (Å²) >= 11 is 1.35. The van der Waals surface area contributed by atoms with Crippen molar-refractivity contribution in [3.63, 3.8) is 0 Å². The first-order valence-corrected chi connectivity index (χ1v) is 9.60. The minimum Gasteiger partial charge on any atom is -0.493 e. The molecule has 0 bridgehead atoms. The number of halogens is 1.